The van der Waals surface area contributed by atoms with Crippen molar-refractivity contribution in [3.8, 4) is 0 Å². The Bertz CT molecular complexity index is 252. The van der Waals surface area contributed by atoms with Crippen molar-refractivity contribution in [3.05, 3.63) is 0 Å². The Hall–Kier alpha value is -0.130. The summed E-state index contributed by atoms with van der Waals surface area (Å²) in [4.78, 5) is 0. The van der Waals surface area contributed by atoms with Crippen LogP contribution >= 0.6 is 0 Å². The van der Waals surface area contributed by atoms with E-state index < -0.39 is 10.1 Å². The van der Waals surface area contributed by atoms with E-state index in [2.05, 4.69) is 19.2 Å². The second-order valence-electron chi connectivity index (χ2n) is 4.26. The van der Waals surface area contributed by atoms with E-state index in [0.717, 1.165) is 13.0 Å². The predicted molar refractivity (Wildman–Crippen MR) is 67.2 cm³/mol. The summed E-state index contributed by atoms with van der Waals surface area (Å²) in [5.74, 6) is 0.539. The summed E-state index contributed by atoms with van der Waals surface area (Å²) in [5, 5.41) is 3.24. The maximum atomic E-state index is 10.5. The normalized spacial score (nSPS) is 13.9. The highest BCUT2D eigenvalue weighted by Crippen LogP contribution is 2.10. The van der Waals surface area contributed by atoms with Crippen molar-refractivity contribution in [1.29, 1.82) is 0 Å². The van der Waals surface area contributed by atoms with Crippen molar-refractivity contribution in [2.24, 2.45) is 5.92 Å². The lowest BCUT2D eigenvalue weighted by atomic mass is 9.99. The molecule has 0 aliphatic rings. The van der Waals surface area contributed by atoms with Crippen molar-refractivity contribution in [2.75, 3.05) is 18.8 Å². The van der Waals surface area contributed by atoms with Crippen LogP contribution in [-0.2, 0) is 10.1 Å². The number of rotatable bonds is 10. The highest BCUT2D eigenvalue weighted by Gasteiger charge is 2.06. The Labute approximate surface area is 99.6 Å². The Morgan fingerprint density at radius 1 is 1.25 bits per heavy atom. The fourth-order valence-electron chi connectivity index (χ4n) is 1.63. The van der Waals surface area contributed by atoms with Gasteiger partial charge in [0, 0.05) is 0 Å². The van der Waals surface area contributed by atoms with Gasteiger partial charge in [-0.05, 0) is 31.8 Å². The minimum Gasteiger partial charge on any atom is -0.316 e. The van der Waals surface area contributed by atoms with Crippen molar-refractivity contribution < 1.29 is 13.0 Å². The zero-order chi connectivity index (χ0) is 12.4. The first-order chi connectivity index (χ1) is 7.49. The van der Waals surface area contributed by atoms with Gasteiger partial charge in [-0.2, -0.15) is 8.42 Å². The van der Waals surface area contributed by atoms with Crippen LogP contribution in [0.25, 0.3) is 0 Å². The molecular formula is C11H25NO3S. The van der Waals surface area contributed by atoms with Gasteiger partial charge in [0.15, 0.2) is 0 Å². The molecule has 4 nitrogen and oxygen atoms in total. The van der Waals surface area contributed by atoms with Gasteiger partial charge in [0.1, 0.15) is 0 Å². The van der Waals surface area contributed by atoms with E-state index in [0.29, 0.717) is 18.9 Å². The first kappa shape index (κ1) is 15.9. The summed E-state index contributed by atoms with van der Waals surface area (Å²) >= 11 is 0. The van der Waals surface area contributed by atoms with Crippen molar-refractivity contribution in [3.63, 3.8) is 0 Å². The molecule has 0 unspecified atom stereocenters. The predicted octanol–water partition coefficient (Wildman–Crippen LogP) is 2.07. The van der Waals surface area contributed by atoms with Crippen LogP contribution in [0.1, 0.15) is 46.0 Å². The minimum atomic E-state index is -3.78. The molecule has 0 aliphatic heterocycles. The molecule has 0 radical (unpaired) electrons. The van der Waals surface area contributed by atoms with Gasteiger partial charge in [-0.1, -0.05) is 33.1 Å². The molecule has 5 heteroatoms. The Morgan fingerprint density at radius 3 is 2.44 bits per heavy atom. The molecule has 0 bridgehead atoms. The second-order valence-corrected chi connectivity index (χ2v) is 5.83. The van der Waals surface area contributed by atoms with Gasteiger partial charge in [0.2, 0.25) is 0 Å². The molecule has 0 heterocycles. The van der Waals surface area contributed by atoms with E-state index in [9.17, 15) is 8.42 Å². The molecule has 0 aromatic carbocycles. The highest BCUT2D eigenvalue weighted by atomic mass is 32.2. The molecule has 0 spiro atoms. The van der Waals surface area contributed by atoms with E-state index in [-0.39, 0.29) is 5.75 Å². The van der Waals surface area contributed by atoms with Gasteiger partial charge in [-0.3, -0.25) is 4.55 Å². The van der Waals surface area contributed by atoms with Crippen molar-refractivity contribution >= 4 is 10.1 Å². The summed E-state index contributed by atoms with van der Waals surface area (Å²) in [7, 11) is -3.78. The molecule has 16 heavy (non-hydrogen) atoms. The zero-order valence-corrected chi connectivity index (χ0v) is 11.2. The average Bonchev–Trinajstić information content (AvgIpc) is 2.20. The van der Waals surface area contributed by atoms with Crippen LogP contribution in [-0.4, -0.2) is 31.8 Å². The second kappa shape index (κ2) is 8.96. The van der Waals surface area contributed by atoms with E-state index in [1.165, 1.54) is 19.3 Å². The maximum absolute atomic E-state index is 10.5. The van der Waals surface area contributed by atoms with Crippen LogP contribution in [0.2, 0.25) is 0 Å². The van der Waals surface area contributed by atoms with Gasteiger partial charge in [-0.15, -0.1) is 0 Å². The van der Waals surface area contributed by atoms with Crippen molar-refractivity contribution in [2.45, 2.75) is 46.0 Å². The SMILES string of the molecule is CCCC[C@@H](CC)CNCCCS(=O)(=O)O. The van der Waals surface area contributed by atoms with Crippen molar-refractivity contribution in [1.82, 2.24) is 5.32 Å². The van der Waals surface area contributed by atoms with E-state index in [1.807, 2.05) is 0 Å². The molecule has 2 N–H and O–H groups in total. The lowest BCUT2D eigenvalue weighted by molar-refractivity contribution is 0.419. The third-order valence-corrected chi connectivity index (χ3v) is 3.54. The van der Waals surface area contributed by atoms with Gasteiger partial charge in [0.25, 0.3) is 10.1 Å². The summed E-state index contributed by atoms with van der Waals surface area (Å²) in [6.45, 7) is 5.97. The monoisotopic (exact) mass is 251 g/mol. The Morgan fingerprint density at radius 2 is 1.94 bits per heavy atom. The van der Waals surface area contributed by atoms with Gasteiger partial charge in [0.05, 0.1) is 5.75 Å². The molecule has 1 atom stereocenters. The highest BCUT2D eigenvalue weighted by molar-refractivity contribution is 7.85. The van der Waals surface area contributed by atoms with Crippen LogP contribution in [0.5, 0.6) is 0 Å². The number of unbranched alkanes of at least 4 members (excludes halogenated alkanes) is 1. The lowest BCUT2D eigenvalue weighted by Gasteiger charge is -2.14. The average molecular weight is 251 g/mol. The van der Waals surface area contributed by atoms with Gasteiger partial charge in [-0.25, -0.2) is 0 Å². The van der Waals surface area contributed by atoms with E-state index in [4.69, 9.17) is 4.55 Å². The molecule has 0 amide bonds. The standard InChI is InChI=1S/C11H25NO3S/c1-3-5-7-11(4-2)10-12-8-6-9-16(13,14)15/h11-12H,3-10H2,1-2H3,(H,13,14,15)/t11-/m1/s1. The molecule has 0 saturated heterocycles. The number of nitrogens with one attached hydrogen (secondary N) is 1. The van der Waals surface area contributed by atoms with Crippen LogP contribution < -0.4 is 5.32 Å². The third-order valence-electron chi connectivity index (χ3n) is 2.73. The lowest BCUT2D eigenvalue weighted by Crippen LogP contribution is -2.25. The van der Waals surface area contributed by atoms with Crippen LogP contribution in [0, 0.1) is 5.92 Å². The maximum Gasteiger partial charge on any atom is 0.264 e. The fourth-order valence-corrected chi connectivity index (χ4v) is 2.14. The smallest absolute Gasteiger partial charge is 0.264 e. The number of hydrogen-bond donors (Lipinski definition) is 2. The van der Waals surface area contributed by atoms with E-state index >= 15 is 0 Å². The molecule has 0 aliphatic carbocycles. The van der Waals surface area contributed by atoms with Gasteiger partial charge < -0.3 is 5.32 Å². The Balaban J connectivity index is 3.48. The van der Waals surface area contributed by atoms with Crippen LogP contribution in [0.15, 0.2) is 0 Å². The summed E-state index contributed by atoms with van der Waals surface area (Å²) in [5.41, 5.74) is 0. The minimum absolute atomic E-state index is 0.147. The van der Waals surface area contributed by atoms with Gasteiger partial charge >= 0.3 is 0 Å². The van der Waals surface area contributed by atoms with Crippen LogP contribution in [0.3, 0.4) is 0 Å². The summed E-state index contributed by atoms with van der Waals surface area (Å²) in [6.07, 6.45) is 5.34. The third kappa shape index (κ3) is 10.4. The topological polar surface area (TPSA) is 66.4 Å². The molecule has 98 valence electrons. The van der Waals surface area contributed by atoms with E-state index in [1.54, 1.807) is 0 Å². The first-order valence-electron chi connectivity index (χ1n) is 6.15. The first-order valence-corrected chi connectivity index (χ1v) is 7.76. The largest absolute Gasteiger partial charge is 0.316 e. The molecule has 0 aromatic rings. The molecule has 0 aromatic heterocycles. The summed E-state index contributed by atoms with van der Waals surface area (Å²) < 4.78 is 29.4. The molecular weight excluding hydrogens is 226 g/mol. The number of hydrogen-bond acceptors (Lipinski definition) is 3. The summed E-state index contributed by atoms with van der Waals surface area (Å²) in [6, 6.07) is 0. The molecule has 0 fully saturated rings. The molecule has 0 saturated carbocycles. The fraction of sp³-hybridized carbons (Fsp3) is 1.00. The molecule has 0 rings (SSSR count). The Kier molecular flexibility index (Phi) is 8.89. The zero-order valence-electron chi connectivity index (χ0n) is 10.4. The quantitative estimate of drug-likeness (QED) is 0.461. The van der Waals surface area contributed by atoms with Crippen LogP contribution in [0.4, 0.5) is 0 Å².